The summed E-state index contributed by atoms with van der Waals surface area (Å²) < 4.78 is 5.40. The maximum absolute atomic E-state index is 11.9. The molecule has 116 valence electrons. The molecule has 1 atom stereocenters. The third kappa shape index (κ3) is 5.02. The number of hydrogen-bond donors (Lipinski definition) is 1. The molecule has 0 aliphatic carbocycles. The van der Waals surface area contributed by atoms with Gasteiger partial charge in [-0.05, 0) is 30.2 Å². The zero-order valence-corrected chi connectivity index (χ0v) is 13.7. The Hall–Kier alpha value is -1.55. The smallest absolute Gasteiger partial charge is 0.246 e. The van der Waals surface area contributed by atoms with Crippen molar-refractivity contribution in [3.63, 3.8) is 0 Å². The molecule has 3 nitrogen and oxygen atoms in total. The molecular formula is C17H17Cl2NO2. The summed E-state index contributed by atoms with van der Waals surface area (Å²) >= 11 is 11.9. The van der Waals surface area contributed by atoms with Gasteiger partial charge in [0.2, 0.25) is 5.91 Å². The van der Waals surface area contributed by atoms with E-state index < -0.39 is 0 Å². The third-order valence-corrected chi connectivity index (χ3v) is 3.90. The van der Waals surface area contributed by atoms with Gasteiger partial charge < -0.3 is 10.1 Å². The largest absolute Gasteiger partial charge is 0.367 e. The SMILES string of the molecule is CC(NC(=O)COCc1ccccc1)c1ccc(Cl)c(Cl)c1. The van der Waals surface area contributed by atoms with Gasteiger partial charge in [0.15, 0.2) is 0 Å². The first-order valence-electron chi connectivity index (χ1n) is 6.92. The van der Waals surface area contributed by atoms with E-state index in [9.17, 15) is 4.79 Å². The van der Waals surface area contributed by atoms with Crippen molar-refractivity contribution in [3.8, 4) is 0 Å². The average molecular weight is 338 g/mol. The van der Waals surface area contributed by atoms with Crippen LogP contribution in [0, 0.1) is 0 Å². The zero-order valence-electron chi connectivity index (χ0n) is 12.2. The number of halogens is 2. The van der Waals surface area contributed by atoms with Crippen LogP contribution >= 0.6 is 23.2 Å². The number of carbonyl (C=O) groups excluding carboxylic acids is 1. The van der Waals surface area contributed by atoms with Crippen LogP contribution in [0.2, 0.25) is 10.0 Å². The molecule has 0 radical (unpaired) electrons. The van der Waals surface area contributed by atoms with E-state index >= 15 is 0 Å². The number of hydrogen-bond acceptors (Lipinski definition) is 2. The fourth-order valence-electron chi connectivity index (χ4n) is 1.98. The molecule has 22 heavy (non-hydrogen) atoms. The molecule has 0 heterocycles. The van der Waals surface area contributed by atoms with Crippen molar-refractivity contribution in [2.24, 2.45) is 0 Å². The van der Waals surface area contributed by atoms with Gasteiger partial charge in [-0.2, -0.15) is 0 Å². The van der Waals surface area contributed by atoms with Crippen LogP contribution in [-0.4, -0.2) is 12.5 Å². The molecule has 2 aromatic rings. The van der Waals surface area contributed by atoms with Crippen molar-refractivity contribution in [3.05, 3.63) is 69.7 Å². The summed E-state index contributed by atoms with van der Waals surface area (Å²) in [6, 6.07) is 14.9. The van der Waals surface area contributed by atoms with E-state index in [0.717, 1.165) is 11.1 Å². The Morgan fingerprint density at radius 2 is 1.86 bits per heavy atom. The van der Waals surface area contributed by atoms with Crippen molar-refractivity contribution in [2.45, 2.75) is 19.6 Å². The molecule has 2 rings (SSSR count). The van der Waals surface area contributed by atoms with Gasteiger partial charge in [0.25, 0.3) is 0 Å². The van der Waals surface area contributed by atoms with Crippen molar-refractivity contribution >= 4 is 29.1 Å². The van der Waals surface area contributed by atoms with E-state index in [1.807, 2.05) is 43.3 Å². The first-order valence-corrected chi connectivity index (χ1v) is 7.68. The van der Waals surface area contributed by atoms with Crippen LogP contribution < -0.4 is 5.32 Å². The second kappa shape index (κ2) is 8.18. The molecule has 5 heteroatoms. The minimum Gasteiger partial charge on any atom is -0.367 e. The molecule has 1 N–H and O–H groups in total. The molecule has 0 aliphatic heterocycles. The van der Waals surface area contributed by atoms with Crippen molar-refractivity contribution in [2.75, 3.05) is 6.61 Å². The normalized spacial score (nSPS) is 12.0. The minimum absolute atomic E-state index is 0.0144. The van der Waals surface area contributed by atoms with Crippen molar-refractivity contribution in [1.82, 2.24) is 5.32 Å². The van der Waals surface area contributed by atoms with Gasteiger partial charge in [-0.25, -0.2) is 0 Å². The minimum atomic E-state index is -0.172. The summed E-state index contributed by atoms with van der Waals surface area (Å²) in [6.07, 6.45) is 0. The lowest BCUT2D eigenvalue weighted by Crippen LogP contribution is -2.30. The Balaban J connectivity index is 1.80. The van der Waals surface area contributed by atoms with Gasteiger partial charge in [-0.3, -0.25) is 4.79 Å². The molecule has 0 saturated carbocycles. The summed E-state index contributed by atoms with van der Waals surface area (Å²) in [5.41, 5.74) is 1.93. The molecule has 0 bridgehead atoms. The number of nitrogens with one attached hydrogen (secondary N) is 1. The third-order valence-electron chi connectivity index (χ3n) is 3.17. The Labute approximate surface area is 140 Å². The monoisotopic (exact) mass is 337 g/mol. The highest BCUT2D eigenvalue weighted by Crippen LogP contribution is 2.25. The van der Waals surface area contributed by atoms with Crippen LogP contribution in [0.1, 0.15) is 24.1 Å². The number of carbonyl (C=O) groups is 1. The number of benzene rings is 2. The van der Waals surface area contributed by atoms with Crippen molar-refractivity contribution < 1.29 is 9.53 Å². The predicted molar refractivity (Wildman–Crippen MR) is 89.1 cm³/mol. The molecule has 0 aliphatic rings. The summed E-state index contributed by atoms with van der Waals surface area (Å²) in [6.45, 7) is 2.31. The van der Waals surface area contributed by atoms with Gasteiger partial charge in [-0.15, -0.1) is 0 Å². The maximum atomic E-state index is 11.9. The number of ether oxygens (including phenoxy) is 1. The van der Waals surface area contributed by atoms with Gasteiger partial charge in [0.1, 0.15) is 6.61 Å². The molecule has 0 aromatic heterocycles. The fourth-order valence-corrected chi connectivity index (χ4v) is 2.29. The van der Waals surface area contributed by atoms with E-state index in [2.05, 4.69) is 5.32 Å². The standard InChI is InChI=1S/C17H17Cl2NO2/c1-12(14-7-8-15(18)16(19)9-14)20-17(21)11-22-10-13-5-3-2-4-6-13/h2-9,12H,10-11H2,1H3,(H,20,21). The van der Waals surface area contributed by atoms with Gasteiger partial charge in [0, 0.05) is 0 Å². The molecule has 0 spiro atoms. The first-order chi connectivity index (χ1) is 10.6. The lowest BCUT2D eigenvalue weighted by Gasteiger charge is -2.15. The van der Waals surface area contributed by atoms with Crippen LogP contribution in [0.4, 0.5) is 0 Å². The Morgan fingerprint density at radius 3 is 2.55 bits per heavy atom. The van der Waals surface area contributed by atoms with Gasteiger partial charge in [0.05, 0.1) is 22.7 Å². The highest BCUT2D eigenvalue weighted by Gasteiger charge is 2.11. The number of amides is 1. The van der Waals surface area contributed by atoms with E-state index in [4.69, 9.17) is 27.9 Å². The second-order valence-corrected chi connectivity index (χ2v) is 5.76. The highest BCUT2D eigenvalue weighted by molar-refractivity contribution is 6.42. The predicted octanol–water partition coefficient (Wildman–Crippen LogP) is 4.39. The molecule has 0 saturated heterocycles. The van der Waals surface area contributed by atoms with Crippen LogP contribution in [0.25, 0.3) is 0 Å². The molecular weight excluding hydrogens is 321 g/mol. The Kier molecular flexibility index (Phi) is 6.25. The first kappa shape index (κ1) is 16.8. The lowest BCUT2D eigenvalue weighted by atomic mass is 10.1. The summed E-state index contributed by atoms with van der Waals surface area (Å²) in [7, 11) is 0. The maximum Gasteiger partial charge on any atom is 0.246 e. The quantitative estimate of drug-likeness (QED) is 0.848. The molecule has 2 aromatic carbocycles. The van der Waals surface area contributed by atoms with Gasteiger partial charge >= 0.3 is 0 Å². The topological polar surface area (TPSA) is 38.3 Å². The zero-order chi connectivity index (χ0) is 15.9. The molecule has 0 fully saturated rings. The van der Waals surface area contributed by atoms with Gasteiger partial charge in [-0.1, -0.05) is 59.6 Å². The van der Waals surface area contributed by atoms with Crippen LogP contribution in [0.15, 0.2) is 48.5 Å². The molecule has 1 amide bonds. The second-order valence-electron chi connectivity index (χ2n) is 4.94. The highest BCUT2D eigenvalue weighted by atomic mass is 35.5. The van der Waals surface area contributed by atoms with Crippen molar-refractivity contribution in [1.29, 1.82) is 0 Å². The summed E-state index contributed by atoms with van der Waals surface area (Å²) in [4.78, 5) is 11.9. The molecule has 1 unspecified atom stereocenters. The lowest BCUT2D eigenvalue weighted by molar-refractivity contribution is -0.126. The Morgan fingerprint density at radius 1 is 1.14 bits per heavy atom. The average Bonchev–Trinajstić information content (AvgIpc) is 2.51. The van der Waals surface area contributed by atoms with Crippen LogP contribution in [0.5, 0.6) is 0 Å². The number of rotatable bonds is 6. The fraction of sp³-hybridized carbons (Fsp3) is 0.235. The summed E-state index contributed by atoms with van der Waals surface area (Å²) in [5.74, 6) is -0.172. The van der Waals surface area contributed by atoms with E-state index in [-0.39, 0.29) is 18.6 Å². The van der Waals surface area contributed by atoms with E-state index in [1.165, 1.54) is 0 Å². The van der Waals surface area contributed by atoms with Crippen LogP contribution in [0.3, 0.4) is 0 Å². The summed E-state index contributed by atoms with van der Waals surface area (Å²) in [5, 5.41) is 3.83. The Bertz CT molecular complexity index is 632. The van der Waals surface area contributed by atoms with E-state index in [1.54, 1.807) is 12.1 Å². The van der Waals surface area contributed by atoms with Crippen LogP contribution in [-0.2, 0) is 16.1 Å². The van der Waals surface area contributed by atoms with E-state index in [0.29, 0.717) is 16.7 Å².